The molecule has 0 radical (unpaired) electrons. The Morgan fingerprint density at radius 3 is 2.80 bits per heavy atom. The molecule has 8 nitrogen and oxygen atoms in total. The lowest BCUT2D eigenvalue weighted by Gasteiger charge is -2.06. The molecule has 2 heterocycles. The Hall–Kier alpha value is -2.07. The van der Waals surface area contributed by atoms with Crippen LogP contribution >= 0.6 is 23.1 Å². The Balaban J connectivity index is 1.69. The van der Waals surface area contributed by atoms with Gasteiger partial charge in [-0.3, -0.25) is 9.36 Å². The number of aryl methyl sites for hydroxylation is 1. The van der Waals surface area contributed by atoms with Gasteiger partial charge in [0, 0.05) is 10.9 Å². The van der Waals surface area contributed by atoms with E-state index in [4.69, 9.17) is 4.74 Å². The molecule has 2 N–H and O–H groups in total. The molecule has 10 heteroatoms. The van der Waals surface area contributed by atoms with Crippen LogP contribution in [0.1, 0.15) is 39.7 Å². The Kier molecular flexibility index (Phi) is 5.00. The van der Waals surface area contributed by atoms with Gasteiger partial charge in [0.1, 0.15) is 5.00 Å². The average molecular weight is 382 g/mol. The van der Waals surface area contributed by atoms with Crippen molar-refractivity contribution >= 4 is 40.0 Å². The molecule has 0 bridgehead atoms. The van der Waals surface area contributed by atoms with Gasteiger partial charge in [0.25, 0.3) is 0 Å². The van der Waals surface area contributed by atoms with Gasteiger partial charge in [-0.05, 0) is 32.3 Å². The van der Waals surface area contributed by atoms with Gasteiger partial charge < -0.3 is 10.1 Å². The van der Waals surface area contributed by atoms with Crippen molar-refractivity contribution in [2.24, 2.45) is 0 Å². The fraction of sp³-hybridized carbons (Fsp3) is 0.467. The van der Waals surface area contributed by atoms with Gasteiger partial charge >= 0.3 is 11.7 Å². The number of H-pyrrole nitrogens is 1. The number of hydrogen-bond donors (Lipinski definition) is 2. The van der Waals surface area contributed by atoms with Crippen LogP contribution in [-0.2, 0) is 9.53 Å². The van der Waals surface area contributed by atoms with Gasteiger partial charge in [0.15, 0.2) is 5.16 Å². The van der Waals surface area contributed by atoms with E-state index in [0.29, 0.717) is 15.7 Å². The van der Waals surface area contributed by atoms with Crippen molar-refractivity contribution in [1.29, 1.82) is 0 Å². The molecule has 1 saturated carbocycles. The number of aromatic amines is 1. The van der Waals surface area contributed by atoms with Gasteiger partial charge in [0.2, 0.25) is 5.91 Å². The summed E-state index contributed by atoms with van der Waals surface area (Å²) in [4.78, 5) is 36.9. The molecule has 1 aliphatic carbocycles. The summed E-state index contributed by atoms with van der Waals surface area (Å²) in [5.74, 6) is -0.651. The number of nitrogens with zero attached hydrogens (tertiary/aromatic N) is 2. The molecule has 0 spiro atoms. The third kappa shape index (κ3) is 3.64. The van der Waals surface area contributed by atoms with Crippen molar-refractivity contribution < 1.29 is 14.3 Å². The zero-order valence-electron chi connectivity index (χ0n) is 14.0. The molecule has 25 heavy (non-hydrogen) atoms. The molecule has 2 aromatic heterocycles. The first-order valence-corrected chi connectivity index (χ1v) is 9.50. The number of esters is 1. The van der Waals surface area contributed by atoms with Crippen molar-refractivity contribution in [3.63, 3.8) is 0 Å². The van der Waals surface area contributed by atoms with Crippen molar-refractivity contribution in [3.05, 3.63) is 26.5 Å². The summed E-state index contributed by atoms with van der Waals surface area (Å²) in [7, 11) is 1.31. The highest BCUT2D eigenvalue weighted by Crippen LogP contribution is 2.36. The highest BCUT2D eigenvalue weighted by molar-refractivity contribution is 7.99. The molecular formula is C15H18N4O4S2. The molecule has 0 atom stereocenters. The quantitative estimate of drug-likeness (QED) is 0.585. The van der Waals surface area contributed by atoms with Gasteiger partial charge in [0.05, 0.1) is 18.4 Å². The molecule has 3 rings (SSSR count). The van der Waals surface area contributed by atoms with Crippen LogP contribution in [0.2, 0.25) is 0 Å². The minimum absolute atomic E-state index is 0.0909. The summed E-state index contributed by atoms with van der Waals surface area (Å²) in [6.45, 7) is 3.70. The highest BCUT2D eigenvalue weighted by Gasteiger charge is 2.29. The lowest BCUT2D eigenvalue weighted by atomic mass is 10.1. The van der Waals surface area contributed by atoms with Gasteiger partial charge in [-0.2, -0.15) is 0 Å². The number of hydrogen-bond acceptors (Lipinski definition) is 7. The monoisotopic (exact) mass is 382 g/mol. The van der Waals surface area contributed by atoms with Crippen molar-refractivity contribution in [2.75, 3.05) is 18.2 Å². The Morgan fingerprint density at radius 1 is 1.44 bits per heavy atom. The molecule has 134 valence electrons. The van der Waals surface area contributed by atoms with Gasteiger partial charge in [-0.1, -0.05) is 11.8 Å². The third-order valence-corrected chi connectivity index (χ3v) is 6.02. The van der Waals surface area contributed by atoms with E-state index in [1.165, 1.54) is 30.2 Å². The number of methoxy groups -OCH3 is 1. The number of aromatic nitrogens is 3. The summed E-state index contributed by atoms with van der Waals surface area (Å²) < 4.78 is 6.39. The first-order chi connectivity index (χ1) is 11.9. The van der Waals surface area contributed by atoms with Gasteiger partial charge in [-0.15, -0.1) is 16.4 Å². The Morgan fingerprint density at radius 2 is 2.16 bits per heavy atom. The topological polar surface area (TPSA) is 106 Å². The fourth-order valence-electron chi connectivity index (χ4n) is 2.40. The smallest absolute Gasteiger partial charge is 0.344 e. The van der Waals surface area contributed by atoms with Crippen LogP contribution in [0.3, 0.4) is 0 Å². The van der Waals surface area contributed by atoms with Crippen LogP contribution in [0.15, 0.2) is 9.95 Å². The number of nitrogens with one attached hydrogen (secondary N) is 2. The zero-order valence-corrected chi connectivity index (χ0v) is 15.7. The lowest BCUT2D eigenvalue weighted by Crippen LogP contribution is -2.18. The number of carbonyl (C=O) groups is 2. The number of anilines is 1. The van der Waals surface area contributed by atoms with E-state index in [0.717, 1.165) is 23.3 Å². The predicted molar refractivity (Wildman–Crippen MR) is 95.6 cm³/mol. The van der Waals surface area contributed by atoms with E-state index in [2.05, 4.69) is 15.5 Å². The maximum absolute atomic E-state index is 12.3. The standard InChI is InChI=1S/C15H18N4O4S2/c1-7-8(2)25-12(11(7)13(21)23-3)16-10(20)6-24-15-18-17-14(22)19(15)9-4-5-9/h9H,4-6H2,1-3H3,(H,16,20)(H,17,22). The van der Waals surface area contributed by atoms with Crippen LogP contribution < -0.4 is 11.0 Å². The van der Waals surface area contributed by atoms with Crippen LogP contribution in [-0.4, -0.2) is 39.5 Å². The summed E-state index contributed by atoms with van der Waals surface area (Å²) in [6.07, 6.45) is 1.91. The number of thiophene rings is 1. The van der Waals surface area contributed by atoms with Gasteiger partial charge in [-0.25, -0.2) is 14.7 Å². The molecule has 0 unspecified atom stereocenters. The lowest BCUT2D eigenvalue weighted by molar-refractivity contribution is -0.113. The maximum Gasteiger partial charge on any atom is 0.344 e. The Bertz CT molecular complexity index is 879. The number of rotatable bonds is 6. The number of thioether (sulfide) groups is 1. The Labute approximate surface area is 152 Å². The van der Waals surface area contributed by atoms with E-state index in [-0.39, 0.29) is 23.4 Å². The highest BCUT2D eigenvalue weighted by atomic mass is 32.2. The first-order valence-electron chi connectivity index (χ1n) is 7.70. The molecule has 0 aromatic carbocycles. The van der Waals surface area contributed by atoms with E-state index < -0.39 is 5.97 Å². The average Bonchev–Trinajstić information content (AvgIpc) is 3.29. The number of ether oxygens (including phenoxy) is 1. The molecule has 1 aliphatic rings. The molecule has 0 aliphatic heterocycles. The summed E-state index contributed by atoms with van der Waals surface area (Å²) in [5, 5.41) is 10.1. The van der Waals surface area contributed by atoms with Crippen LogP contribution in [0.5, 0.6) is 0 Å². The van der Waals surface area contributed by atoms with Crippen molar-refractivity contribution in [2.45, 2.75) is 37.9 Å². The van der Waals surface area contributed by atoms with Crippen LogP contribution in [0, 0.1) is 13.8 Å². The van der Waals surface area contributed by atoms with E-state index in [1.807, 2.05) is 13.8 Å². The maximum atomic E-state index is 12.3. The molecule has 2 aromatic rings. The number of carbonyl (C=O) groups excluding carboxylic acids is 2. The minimum atomic E-state index is -0.473. The molecular weight excluding hydrogens is 364 g/mol. The summed E-state index contributed by atoms with van der Waals surface area (Å²) in [6, 6.07) is 0.185. The summed E-state index contributed by atoms with van der Waals surface area (Å²) in [5.41, 5.74) is 0.940. The van der Waals surface area contributed by atoms with Crippen molar-refractivity contribution in [1.82, 2.24) is 14.8 Å². The fourth-order valence-corrected chi connectivity index (χ4v) is 4.28. The van der Waals surface area contributed by atoms with E-state index in [9.17, 15) is 14.4 Å². The zero-order chi connectivity index (χ0) is 18.1. The predicted octanol–water partition coefficient (Wildman–Crippen LogP) is 2.10. The van der Waals surface area contributed by atoms with Crippen LogP contribution in [0.4, 0.5) is 5.00 Å². The first kappa shape index (κ1) is 17.7. The second kappa shape index (κ2) is 7.04. The number of amides is 1. The summed E-state index contributed by atoms with van der Waals surface area (Å²) >= 11 is 2.53. The van der Waals surface area contributed by atoms with E-state index >= 15 is 0 Å². The second-order valence-corrected chi connectivity index (χ2v) is 7.90. The largest absolute Gasteiger partial charge is 0.465 e. The third-order valence-electron chi connectivity index (χ3n) is 3.94. The normalized spacial score (nSPS) is 13.7. The molecule has 1 fully saturated rings. The van der Waals surface area contributed by atoms with Crippen LogP contribution in [0.25, 0.3) is 0 Å². The SMILES string of the molecule is COC(=O)c1c(NC(=O)CSc2n[nH]c(=O)n2C2CC2)sc(C)c1C. The van der Waals surface area contributed by atoms with Crippen molar-refractivity contribution in [3.8, 4) is 0 Å². The second-order valence-electron chi connectivity index (χ2n) is 5.73. The minimum Gasteiger partial charge on any atom is -0.465 e. The van der Waals surface area contributed by atoms with E-state index in [1.54, 1.807) is 4.57 Å². The molecule has 1 amide bonds. The molecule has 0 saturated heterocycles.